The fourth-order valence-electron chi connectivity index (χ4n) is 2.26. The number of rotatable bonds is 3. The van der Waals surface area contributed by atoms with Gasteiger partial charge in [0.1, 0.15) is 0 Å². The van der Waals surface area contributed by atoms with Crippen molar-refractivity contribution in [3.8, 4) is 0 Å². The van der Waals surface area contributed by atoms with Crippen LogP contribution < -0.4 is 5.11 Å². The molecule has 1 aromatic carbocycles. The predicted octanol–water partition coefficient (Wildman–Crippen LogP) is -0.152. The van der Waals surface area contributed by atoms with Crippen molar-refractivity contribution in [3.63, 3.8) is 0 Å². The number of carbonyl (C=O) groups is 1. The normalized spacial score (nSPS) is 24.5. The zero-order chi connectivity index (χ0) is 14.9. The first-order valence-electron chi connectivity index (χ1n) is 6.27. The number of carbonyl (C=O) groups excluding carboxylic acids is 1. The Kier molecular flexibility index (Phi) is 4.12. The molecule has 0 bridgehead atoms. The van der Waals surface area contributed by atoms with Crippen LogP contribution in [0.25, 0.3) is 0 Å². The van der Waals surface area contributed by atoms with E-state index in [-0.39, 0.29) is 35.8 Å². The van der Waals surface area contributed by atoms with Gasteiger partial charge in [-0.25, -0.2) is 8.42 Å². The van der Waals surface area contributed by atoms with Gasteiger partial charge in [0.15, 0.2) is 0 Å². The molecule has 0 aliphatic carbocycles. The summed E-state index contributed by atoms with van der Waals surface area (Å²) in [6.45, 7) is 4.11. The van der Waals surface area contributed by atoms with E-state index in [2.05, 4.69) is 0 Å². The van der Waals surface area contributed by atoms with Gasteiger partial charge in [-0.2, -0.15) is 4.31 Å². The van der Waals surface area contributed by atoms with E-state index in [1.165, 1.54) is 22.5 Å². The highest BCUT2D eigenvalue weighted by atomic mass is 32.2. The lowest BCUT2D eigenvalue weighted by Gasteiger charge is -2.34. The molecule has 2 rings (SSSR count). The quantitative estimate of drug-likeness (QED) is 0.774. The van der Waals surface area contributed by atoms with Crippen molar-refractivity contribution in [3.05, 3.63) is 29.8 Å². The van der Waals surface area contributed by atoms with Crippen molar-refractivity contribution in [2.24, 2.45) is 0 Å². The zero-order valence-electron chi connectivity index (χ0n) is 11.3. The van der Waals surface area contributed by atoms with Crippen molar-refractivity contribution >= 4 is 16.0 Å². The summed E-state index contributed by atoms with van der Waals surface area (Å²) >= 11 is 0. The Morgan fingerprint density at radius 3 is 2.45 bits per heavy atom. The van der Waals surface area contributed by atoms with Gasteiger partial charge >= 0.3 is 0 Å². The summed E-state index contributed by atoms with van der Waals surface area (Å²) in [7, 11) is -3.72. The maximum absolute atomic E-state index is 12.5. The molecule has 2 atom stereocenters. The molecule has 1 fully saturated rings. The number of carboxylic acids is 1. The minimum Gasteiger partial charge on any atom is -0.545 e. The highest BCUT2D eigenvalue weighted by molar-refractivity contribution is 7.89. The molecule has 0 unspecified atom stereocenters. The van der Waals surface area contributed by atoms with Crippen molar-refractivity contribution in [1.82, 2.24) is 4.31 Å². The lowest BCUT2D eigenvalue weighted by Crippen LogP contribution is -2.48. The Balaban J connectivity index is 2.34. The molecule has 7 heteroatoms. The maximum atomic E-state index is 12.5. The van der Waals surface area contributed by atoms with Crippen LogP contribution in [0.3, 0.4) is 0 Å². The summed E-state index contributed by atoms with van der Waals surface area (Å²) in [5.41, 5.74) is -0.152. The second-order valence-corrected chi connectivity index (χ2v) is 6.83. The van der Waals surface area contributed by atoms with Crippen LogP contribution in [0.2, 0.25) is 0 Å². The van der Waals surface area contributed by atoms with Crippen molar-refractivity contribution in [1.29, 1.82) is 0 Å². The summed E-state index contributed by atoms with van der Waals surface area (Å²) in [4.78, 5) is 10.8. The van der Waals surface area contributed by atoms with Crippen LogP contribution in [0.1, 0.15) is 24.2 Å². The number of ether oxygens (including phenoxy) is 1. The van der Waals surface area contributed by atoms with E-state index in [0.717, 1.165) is 6.07 Å². The number of benzene rings is 1. The lowest BCUT2D eigenvalue weighted by molar-refractivity contribution is -0.255. The second-order valence-electron chi connectivity index (χ2n) is 4.89. The molecule has 0 saturated carbocycles. The molecule has 1 aliphatic rings. The monoisotopic (exact) mass is 298 g/mol. The summed E-state index contributed by atoms with van der Waals surface area (Å²) < 4.78 is 31.8. The van der Waals surface area contributed by atoms with Crippen LogP contribution in [-0.4, -0.2) is 44.0 Å². The predicted molar refractivity (Wildman–Crippen MR) is 69.5 cm³/mol. The molecule has 0 aromatic heterocycles. The topological polar surface area (TPSA) is 86.7 Å². The van der Waals surface area contributed by atoms with Crippen LogP contribution >= 0.6 is 0 Å². The Labute approximate surface area is 118 Å². The van der Waals surface area contributed by atoms with Gasteiger partial charge in [0, 0.05) is 13.1 Å². The molecule has 1 saturated heterocycles. The standard InChI is InChI=1S/C13H17NO5S/c1-9-7-14(8-10(2)19-9)20(17,18)12-5-3-4-11(6-12)13(15)16/h3-6,9-10H,7-8H2,1-2H3,(H,15,16)/p-1/t9-,10-/m1/s1. The number of carboxylic acid groups (broad SMARTS) is 1. The summed E-state index contributed by atoms with van der Waals surface area (Å²) in [6, 6.07) is 5.20. The maximum Gasteiger partial charge on any atom is 0.243 e. The third-order valence-corrected chi connectivity index (χ3v) is 4.92. The number of aromatic carboxylic acids is 1. The number of morpholine rings is 1. The zero-order valence-corrected chi connectivity index (χ0v) is 12.1. The number of hydrogen-bond acceptors (Lipinski definition) is 5. The van der Waals surface area contributed by atoms with E-state index < -0.39 is 16.0 Å². The average molecular weight is 298 g/mol. The largest absolute Gasteiger partial charge is 0.545 e. The third kappa shape index (κ3) is 3.00. The van der Waals surface area contributed by atoms with Crippen LogP contribution in [0, 0.1) is 0 Å². The van der Waals surface area contributed by atoms with Gasteiger partial charge in [-0.1, -0.05) is 12.1 Å². The first kappa shape index (κ1) is 15.0. The SMILES string of the molecule is C[C@@H]1CN(S(=O)(=O)c2cccc(C(=O)[O-])c2)C[C@@H](C)O1. The van der Waals surface area contributed by atoms with Gasteiger partial charge in [-0.3, -0.25) is 0 Å². The number of nitrogens with zero attached hydrogens (tertiary/aromatic N) is 1. The van der Waals surface area contributed by atoms with Crippen LogP contribution in [0.4, 0.5) is 0 Å². The van der Waals surface area contributed by atoms with E-state index >= 15 is 0 Å². The number of hydrogen-bond donors (Lipinski definition) is 0. The van der Waals surface area contributed by atoms with E-state index in [1.807, 2.05) is 0 Å². The molecule has 0 amide bonds. The average Bonchev–Trinajstić information content (AvgIpc) is 2.37. The fourth-order valence-corrected chi connectivity index (χ4v) is 3.90. The van der Waals surface area contributed by atoms with Gasteiger partial charge in [0.25, 0.3) is 0 Å². The van der Waals surface area contributed by atoms with E-state index in [1.54, 1.807) is 13.8 Å². The summed E-state index contributed by atoms with van der Waals surface area (Å²) in [5.74, 6) is -1.40. The van der Waals surface area contributed by atoms with Crippen LogP contribution in [0.5, 0.6) is 0 Å². The molecule has 1 aliphatic heterocycles. The minimum atomic E-state index is -3.72. The Morgan fingerprint density at radius 1 is 1.30 bits per heavy atom. The van der Waals surface area contributed by atoms with Gasteiger partial charge in [0.2, 0.25) is 10.0 Å². The first-order valence-corrected chi connectivity index (χ1v) is 7.71. The van der Waals surface area contributed by atoms with E-state index in [4.69, 9.17) is 4.74 Å². The molecule has 20 heavy (non-hydrogen) atoms. The smallest absolute Gasteiger partial charge is 0.243 e. The Hall–Kier alpha value is -1.44. The molecular weight excluding hydrogens is 282 g/mol. The van der Waals surface area contributed by atoms with Crippen LogP contribution in [0.15, 0.2) is 29.2 Å². The fraction of sp³-hybridized carbons (Fsp3) is 0.462. The molecule has 0 radical (unpaired) electrons. The minimum absolute atomic E-state index is 0.0412. The first-order chi connectivity index (χ1) is 9.30. The van der Waals surface area contributed by atoms with Gasteiger partial charge in [-0.15, -0.1) is 0 Å². The highest BCUT2D eigenvalue weighted by Crippen LogP contribution is 2.21. The highest BCUT2D eigenvalue weighted by Gasteiger charge is 2.32. The molecule has 0 N–H and O–H groups in total. The third-order valence-electron chi connectivity index (χ3n) is 3.09. The lowest BCUT2D eigenvalue weighted by atomic mass is 10.2. The summed E-state index contributed by atoms with van der Waals surface area (Å²) in [6.07, 6.45) is -0.393. The Morgan fingerprint density at radius 2 is 1.90 bits per heavy atom. The van der Waals surface area contributed by atoms with Crippen molar-refractivity contribution < 1.29 is 23.1 Å². The number of sulfonamides is 1. The molecule has 110 valence electrons. The second kappa shape index (κ2) is 5.51. The molecular formula is C13H16NO5S-. The molecule has 0 spiro atoms. The van der Waals surface area contributed by atoms with Gasteiger partial charge < -0.3 is 14.6 Å². The van der Waals surface area contributed by atoms with Gasteiger partial charge in [0.05, 0.1) is 23.1 Å². The Bertz CT molecular complexity index is 603. The van der Waals surface area contributed by atoms with E-state index in [9.17, 15) is 18.3 Å². The molecule has 1 heterocycles. The molecule has 6 nitrogen and oxygen atoms in total. The van der Waals surface area contributed by atoms with Crippen LogP contribution in [-0.2, 0) is 14.8 Å². The summed E-state index contributed by atoms with van der Waals surface area (Å²) in [5, 5.41) is 10.8. The molecule has 1 aromatic rings. The van der Waals surface area contributed by atoms with Crippen molar-refractivity contribution in [2.75, 3.05) is 13.1 Å². The van der Waals surface area contributed by atoms with E-state index in [0.29, 0.717) is 0 Å². The van der Waals surface area contributed by atoms with Gasteiger partial charge in [-0.05, 0) is 31.5 Å². The van der Waals surface area contributed by atoms with Crippen molar-refractivity contribution in [2.45, 2.75) is 31.0 Å².